The van der Waals surface area contributed by atoms with Gasteiger partial charge in [-0.2, -0.15) is 0 Å². The summed E-state index contributed by atoms with van der Waals surface area (Å²) in [6.45, 7) is -0.119. The fourth-order valence-corrected chi connectivity index (χ4v) is 3.89. The molecule has 2 heterocycles. The molecule has 0 saturated carbocycles. The SMILES string of the molecule is O=C(OCc1ccccc1F)c1c2c(nc3ccccc13)/C(=C/c1ccco1)CC2. The van der Waals surface area contributed by atoms with Crippen molar-refractivity contribution >= 4 is 28.5 Å². The quantitative estimate of drug-likeness (QED) is 0.406. The van der Waals surface area contributed by atoms with Gasteiger partial charge in [0.25, 0.3) is 0 Å². The Bertz CT molecular complexity index is 1280. The maximum absolute atomic E-state index is 13.9. The van der Waals surface area contributed by atoms with Crippen LogP contribution in [0.4, 0.5) is 4.39 Å². The number of carbonyl (C=O) groups excluding carboxylic acids is 1. The summed E-state index contributed by atoms with van der Waals surface area (Å²) in [5.41, 5.74) is 4.26. The van der Waals surface area contributed by atoms with Crippen LogP contribution in [0.25, 0.3) is 22.6 Å². The molecule has 1 aliphatic carbocycles. The number of hydrogen-bond acceptors (Lipinski definition) is 4. The standard InChI is InChI=1S/C25H18FNO3/c26-21-9-3-1-6-17(21)15-30-25(28)23-19-8-2-4-10-22(19)27-24-16(11-12-20(23)24)14-18-7-5-13-29-18/h1-10,13-14H,11-12,15H2/b16-14+. The molecule has 4 nitrogen and oxygen atoms in total. The van der Waals surface area contributed by atoms with E-state index in [-0.39, 0.29) is 6.61 Å². The normalized spacial score (nSPS) is 14.2. The molecule has 5 rings (SSSR count). The molecule has 0 saturated heterocycles. The molecule has 0 bridgehead atoms. The van der Waals surface area contributed by atoms with E-state index < -0.39 is 11.8 Å². The van der Waals surface area contributed by atoms with E-state index in [9.17, 15) is 9.18 Å². The lowest BCUT2D eigenvalue weighted by molar-refractivity contribution is 0.0470. The van der Waals surface area contributed by atoms with Gasteiger partial charge in [-0.15, -0.1) is 0 Å². The Hall–Kier alpha value is -3.73. The van der Waals surface area contributed by atoms with Crippen LogP contribution in [0.3, 0.4) is 0 Å². The maximum atomic E-state index is 13.9. The van der Waals surface area contributed by atoms with Crippen LogP contribution < -0.4 is 0 Å². The molecule has 0 fully saturated rings. The topological polar surface area (TPSA) is 52.3 Å². The third-order valence-electron chi connectivity index (χ3n) is 5.32. The molecule has 0 atom stereocenters. The molecule has 2 aromatic heterocycles. The zero-order valence-corrected chi connectivity index (χ0v) is 16.1. The fraction of sp³-hybridized carbons (Fsp3) is 0.120. The van der Waals surface area contributed by atoms with E-state index in [1.807, 2.05) is 42.5 Å². The van der Waals surface area contributed by atoms with Crippen LogP contribution >= 0.6 is 0 Å². The molecule has 0 amide bonds. The van der Waals surface area contributed by atoms with Crippen molar-refractivity contribution in [3.63, 3.8) is 0 Å². The van der Waals surface area contributed by atoms with Crippen LogP contribution in [-0.4, -0.2) is 11.0 Å². The molecule has 1 aliphatic rings. The summed E-state index contributed by atoms with van der Waals surface area (Å²) in [5, 5.41) is 0.744. The number of esters is 1. The number of furan rings is 1. The van der Waals surface area contributed by atoms with Gasteiger partial charge < -0.3 is 9.15 Å². The predicted molar refractivity (Wildman–Crippen MR) is 112 cm³/mol. The number of fused-ring (bicyclic) bond motifs is 2. The summed E-state index contributed by atoms with van der Waals surface area (Å²) < 4.78 is 24.9. The monoisotopic (exact) mass is 399 g/mol. The summed E-state index contributed by atoms with van der Waals surface area (Å²) in [7, 11) is 0. The van der Waals surface area contributed by atoms with Gasteiger partial charge in [0.1, 0.15) is 18.2 Å². The van der Waals surface area contributed by atoms with Crippen LogP contribution in [0.5, 0.6) is 0 Å². The highest BCUT2D eigenvalue weighted by molar-refractivity contribution is 6.07. The van der Waals surface area contributed by atoms with Gasteiger partial charge in [-0.3, -0.25) is 0 Å². The number of carbonyl (C=O) groups is 1. The Morgan fingerprint density at radius 2 is 1.90 bits per heavy atom. The lowest BCUT2D eigenvalue weighted by Crippen LogP contribution is -2.11. The van der Waals surface area contributed by atoms with Gasteiger partial charge in [-0.05, 0) is 54.3 Å². The van der Waals surface area contributed by atoms with E-state index in [1.54, 1.807) is 24.5 Å². The molecule has 0 radical (unpaired) electrons. The second-order valence-electron chi connectivity index (χ2n) is 7.18. The Morgan fingerprint density at radius 1 is 1.07 bits per heavy atom. The zero-order chi connectivity index (χ0) is 20.5. The minimum atomic E-state index is -0.465. The largest absolute Gasteiger partial charge is 0.465 e. The van der Waals surface area contributed by atoms with Crippen molar-refractivity contribution in [2.24, 2.45) is 0 Å². The van der Waals surface area contributed by atoms with Gasteiger partial charge in [-0.1, -0.05) is 36.4 Å². The van der Waals surface area contributed by atoms with E-state index in [2.05, 4.69) is 0 Å². The van der Waals surface area contributed by atoms with Crippen LogP contribution in [0.2, 0.25) is 0 Å². The van der Waals surface area contributed by atoms with Gasteiger partial charge in [0.15, 0.2) is 0 Å². The second-order valence-corrected chi connectivity index (χ2v) is 7.18. The third-order valence-corrected chi connectivity index (χ3v) is 5.32. The average molecular weight is 399 g/mol. The summed E-state index contributed by atoms with van der Waals surface area (Å²) in [6, 6.07) is 17.5. The van der Waals surface area contributed by atoms with Gasteiger partial charge in [0.05, 0.1) is 23.0 Å². The van der Waals surface area contributed by atoms with Crippen molar-refractivity contribution < 1.29 is 18.3 Å². The fourth-order valence-electron chi connectivity index (χ4n) is 3.89. The maximum Gasteiger partial charge on any atom is 0.339 e. The molecule has 0 unspecified atom stereocenters. The number of benzene rings is 2. The first-order valence-electron chi connectivity index (χ1n) is 9.77. The summed E-state index contributed by atoms with van der Waals surface area (Å²) in [6.07, 6.45) is 5.03. The Balaban J connectivity index is 1.56. The zero-order valence-electron chi connectivity index (χ0n) is 16.1. The predicted octanol–water partition coefficient (Wildman–Crippen LogP) is 5.81. The molecular formula is C25H18FNO3. The number of pyridine rings is 1. The summed E-state index contributed by atoms with van der Waals surface area (Å²) in [5.74, 6) is -0.109. The first-order chi connectivity index (χ1) is 14.7. The molecule has 5 heteroatoms. The number of para-hydroxylation sites is 1. The minimum absolute atomic E-state index is 0.119. The molecule has 148 valence electrons. The molecule has 0 N–H and O–H groups in total. The molecule has 30 heavy (non-hydrogen) atoms. The Kier molecular flexibility index (Phi) is 4.64. The van der Waals surface area contributed by atoms with E-state index in [1.165, 1.54) is 6.07 Å². The van der Waals surface area contributed by atoms with Gasteiger partial charge in [0.2, 0.25) is 0 Å². The van der Waals surface area contributed by atoms with Crippen molar-refractivity contribution in [1.82, 2.24) is 4.98 Å². The number of halogens is 1. The lowest BCUT2D eigenvalue weighted by atomic mass is 10.0. The summed E-state index contributed by atoms with van der Waals surface area (Å²) in [4.78, 5) is 17.9. The molecule has 2 aromatic carbocycles. The van der Waals surface area contributed by atoms with Crippen molar-refractivity contribution in [3.8, 4) is 0 Å². The first-order valence-corrected chi connectivity index (χ1v) is 9.77. The van der Waals surface area contributed by atoms with Crippen LogP contribution in [0.1, 0.15) is 39.4 Å². The first kappa shape index (κ1) is 18.3. The van der Waals surface area contributed by atoms with E-state index >= 15 is 0 Å². The van der Waals surface area contributed by atoms with E-state index in [4.69, 9.17) is 14.1 Å². The van der Waals surface area contributed by atoms with Crippen molar-refractivity contribution in [3.05, 3.63) is 101 Å². The lowest BCUT2D eigenvalue weighted by Gasteiger charge is -2.12. The third kappa shape index (κ3) is 3.28. The van der Waals surface area contributed by atoms with Gasteiger partial charge in [-0.25, -0.2) is 14.2 Å². The van der Waals surface area contributed by atoms with E-state index in [0.29, 0.717) is 17.5 Å². The number of aromatic nitrogens is 1. The number of hydrogen-bond donors (Lipinski definition) is 0. The number of rotatable bonds is 4. The molecule has 4 aromatic rings. The molecule has 0 spiro atoms. The van der Waals surface area contributed by atoms with Crippen molar-refractivity contribution in [2.75, 3.05) is 0 Å². The Labute approximate surface area is 172 Å². The van der Waals surface area contributed by atoms with E-state index in [0.717, 1.165) is 39.9 Å². The molecule has 0 aliphatic heterocycles. The smallest absolute Gasteiger partial charge is 0.339 e. The highest BCUT2D eigenvalue weighted by Crippen LogP contribution is 2.38. The number of ether oxygens (including phenoxy) is 1. The minimum Gasteiger partial charge on any atom is -0.465 e. The van der Waals surface area contributed by atoms with Crippen LogP contribution in [-0.2, 0) is 17.8 Å². The number of allylic oxidation sites excluding steroid dienone is 1. The van der Waals surface area contributed by atoms with Gasteiger partial charge in [0, 0.05) is 10.9 Å². The van der Waals surface area contributed by atoms with Crippen LogP contribution in [0.15, 0.2) is 71.3 Å². The van der Waals surface area contributed by atoms with Crippen molar-refractivity contribution in [2.45, 2.75) is 19.4 Å². The molecular weight excluding hydrogens is 381 g/mol. The van der Waals surface area contributed by atoms with Crippen LogP contribution in [0, 0.1) is 5.82 Å². The average Bonchev–Trinajstić information content (AvgIpc) is 3.42. The van der Waals surface area contributed by atoms with Crippen molar-refractivity contribution in [1.29, 1.82) is 0 Å². The number of nitrogens with zero attached hydrogens (tertiary/aromatic N) is 1. The summed E-state index contributed by atoms with van der Waals surface area (Å²) >= 11 is 0. The highest BCUT2D eigenvalue weighted by atomic mass is 19.1. The Morgan fingerprint density at radius 3 is 2.73 bits per heavy atom. The van der Waals surface area contributed by atoms with Gasteiger partial charge >= 0.3 is 5.97 Å². The highest BCUT2D eigenvalue weighted by Gasteiger charge is 2.27. The second kappa shape index (κ2) is 7.59.